The Morgan fingerprint density at radius 1 is 1.40 bits per heavy atom. The van der Waals surface area contributed by atoms with Gasteiger partial charge in [0.2, 0.25) is 0 Å². The van der Waals surface area contributed by atoms with E-state index in [1.165, 1.54) is 0 Å². The molecule has 0 spiro atoms. The van der Waals surface area contributed by atoms with Gasteiger partial charge in [-0.1, -0.05) is 0 Å². The zero-order chi connectivity index (χ0) is 11.6. The molecule has 6 heteroatoms. The van der Waals surface area contributed by atoms with Crippen molar-refractivity contribution in [3.63, 3.8) is 0 Å². The van der Waals surface area contributed by atoms with Crippen molar-refractivity contribution in [1.82, 2.24) is 0 Å². The molecule has 0 aromatic heterocycles. The maximum Gasteiger partial charge on any atom is 0.163 e. The Labute approximate surface area is 88.1 Å². The Morgan fingerprint density at radius 2 is 2.00 bits per heavy atom. The van der Waals surface area contributed by atoms with Gasteiger partial charge in [0, 0.05) is 0 Å². The van der Waals surface area contributed by atoms with E-state index >= 15 is 0 Å². The van der Waals surface area contributed by atoms with Crippen molar-refractivity contribution in [2.45, 2.75) is 44.1 Å². The van der Waals surface area contributed by atoms with Gasteiger partial charge in [-0.25, -0.2) is 0 Å². The summed E-state index contributed by atoms with van der Waals surface area (Å²) in [5.74, 6) is -0.917. The second-order valence-corrected chi connectivity index (χ2v) is 4.10. The highest BCUT2D eigenvalue weighted by molar-refractivity contribution is 4.86. The van der Waals surface area contributed by atoms with Gasteiger partial charge >= 0.3 is 0 Å². The van der Waals surface area contributed by atoms with Crippen LogP contribution in [0.25, 0.3) is 0 Å². The number of aliphatic hydroxyl groups is 4. The first-order chi connectivity index (χ1) is 6.87. The van der Waals surface area contributed by atoms with Crippen molar-refractivity contribution in [3.8, 4) is 0 Å². The summed E-state index contributed by atoms with van der Waals surface area (Å²) in [6.45, 7) is 2.72. The topological polar surface area (TPSA) is 99.4 Å². The number of rotatable bonds is 3. The third kappa shape index (κ3) is 3.10. The highest BCUT2D eigenvalue weighted by atomic mass is 16.7. The fourth-order valence-electron chi connectivity index (χ4n) is 1.45. The Hall–Kier alpha value is -0.240. The van der Waals surface area contributed by atoms with E-state index in [0.717, 1.165) is 0 Å². The summed E-state index contributed by atoms with van der Waals surface area (Å²) < 4.78 is 10.4. The quantitative estimate of drug-likeness (QED) is 0.450. The largest absolute Gasteiger partial charge is 0.394 e. The summed E-state index contributed by atoms with van der Waals surface area (Å²) in [5.41, 5.74) is 0. The Bertz CT molecular complexity index is 207. The van der Waals surface area contributed by atoms with Gasteiger partial charge in [0.25, 0.3) is 0 Å². The summed E-state index contributed by atoms with van der Waals surface area (Å²) >= 11 is 0. The normalized spacial score (nSPS) is 34.8. The molecule has 0 aromatic rings. The van der Waals surface area contributed by atoms with Gasteiger partial charge in [-0.15, -0.1) is 0 Å². The monoisotopic (exact) mass is 222 g/mol. The minimum Gasteiger partial charge on any atom is -0.394 e. The SMILES string of the molecule is CC1(C)OC[C@H](O)[C@H]([C@H](O)[C@H](O)CO)O1. The van der Waals surface area contributed by atoms with Crippen molar-refractivity contribution in [3.05, 3.63) is 0 Å². The van der Waals surface area contributed by atoms with E-state index in [1.807, 2.05) is 0 Å². The van der Waals surface area contributed by atoms with Gasteiger partial charge in [0.15, 0.2) is 5.79 Å². The molecule has 0 bridgehead atoms. The van der Waals surface area contributed by atoms with E-state index in [4.69, 9.17) is 14.6 Å². The molecule has 6 nitrogen and oxygen atoms in total. The summed E-state index contributed by atoms with van der Waals surface area (Å²) in [7, 11) is 0. The molecule has 90 valence electrons. The van der Waals surface area contributed by atoms with Gasteiger partial charge in [-0.3, -0.25) is 0 Å². The minimum atomic E-state index is -1.34. The molecule has 0 unspecified atom stereocenters. The molecule has 0 aromatic carbocycles. The summed E-state index contributed by atoms with van der Waals surface area (Å²) in [5, 5.41) is 37.0. The number of hydrogen-bond acceptors (Lipinski definition) is 6. The third-order valence-corrected chi connectivity index (χ3v) is 2.32. The zero-order valence-corrected chi connectivity index (χ0v) is 8.83. The Morgan fingerprint density at radius 3 is 2.53 bits per heavy atom. The molecular formula is C9H18O6. The van der Waals surface area contributed by atoms with Crippen LogP contribution in [0.3, 0.4) is 0 Å². The highest BCUT2D eigenvalue weighted by Gasteiger charge is 2.41. The average molecular weight is 222 g/mol. The predicted molar refractivity (Wildman–Crippen MR) is 50.0 cm³/mol. The Kier molecular flexibility index (Phi) is 4.05. The van der Waals surface area contributed by atoms with Crippen molar-refractivity contribution < 1.29 is 29.9 Å². The number of aliphatic hydroxyl groups excluding tert-OH is 4. The van der Waals surface area contributed by atoms with Crippen LogP contribution < -0.4 is 0 Å². The lowest BCUT2D eigenvalue weighted by Gasteiger charge is -2.41. The molecule has 1 aliphatic rings. The average Bonchev–Trinajstić information content (AvgIpc) is 2.19. The summed E-state index contributed by atoms with van der Waals surface area (Å²) in [4.78, 5) is 0. The third-order valence-electron chi connectivity index (χ3n) is 2.32. The molecule has 1 heterocycles. The molecule has 1 fully saturated rings. The van der Waals surface area contributed by atoms with Crippen molar-refractivity contribution in [2.24, 2.45) is 0 Å². The zero-order valence-electron chi connectivity index (χ0n) is 8.83. The first-order valence-electron chi connectivity index (χ1n) is 4.84. The first-order valence-corrected chi connectivity index (χ1v) is 4.84. The number of hydrogen-bond donors (Lipinski definition) is 4. The predicted octanol–water partition coefficient (Wildman–Crippen LogP) is -1.79. The lowest BCUT2D eigenvalue weighted by molar-refractivity contribution is -0.324. The van der Waals surface area contributed by atoms with Crippen LogP contribution >= 0.6 is 0 Å². The second kappa shape index (κ2) is 4.73. The smallest absolute Gasteiger partial charge is 0.163 e. The van der Waals surface area contributed by atoms with E-state index in [2.05, 4.69) is 0 Å². The molecule has 4 N–H and O–H groups in total. The molecule has 4 atom stereocenters. The van der Waals surface area contributed by atoms with Crippen LogP contribution in [0.2, 0.25) is 0 Å². The van der Waals surface area contributed by atoms with Crippen LogP contribution in [0.5, 0.6) is 0 Å². The maximum absolute atomic E-state index is 9.59. The second-order valence-electron chi connectivity index (χ2n) is 4.10. The Balaban J connectivity index is 2.65. The van der Waals surface area contributed by atoms with E-state index in [0.29, 0.717) is 0 Å². The van der Waals surface area contributed by atoms with Crippen LogP contribution in [-0.4, -0.2) is 63.8 Å². The summed E-state index contributed by atoms with van der Waals surface area (Å²) in [6.07, 6.45) is -4.66. The molecule has 0 saturated carbocycles. The molecular weight excluding hydrogens is 204 g/mol. The molecule has 0 aliphatic carbocycles. The molecule has 0 radical (unpaired) electrons. The molecule has 0 amide bonds. The van der Waals surface area contributed by atoms with E-state index in [9.17, 15) is 15.3 Å². The van der Waals surface area contributed by atoms with Crippen molar-refractivity contribution >= 4 is 0 Å². The van der Waals surface area contributed by atoms with Gasteiger partial charge in [-0.05, 0) is 13.8 Å². The van der Waals surface area contributed by atoms with Crippen LogP contribution in [0.15, 0.2) is 0 Å². The van der Waals surface area contributed by atoms with Crippen LogP contribution in [0.4, 0.5) is 0 Å². The minimum absolute atomic E-state index is 0.0207. The summed E-state index contributed by atoms with van der Waals surface area (Å²) in [6, 6.07) is 0. The van der Waals surface area contributed by atoms with Gasteiger partial charge in [0.1, 0.15) is 24.4 Å². The van der Waals surface area contributed by atoms with E-state index in [1.54, 1.807) is 13.8 Å². The van der Waals surface area contributed by atoms with Crippen molar-refractivity contribution in [2.75, 3.05) is 13.2 Å². The van der Waals surface area contributed by atoms with Crippen molar-refractivity contribution in [1.29, 1.82) is 0 Å². The first kappa shape index (κ1) is 12.8. The highest BCUT2D eigenvalue weighted by Crippen LogP contribution is 2.25. The lowest BCUT2D eigenvalue weighted by Crippen LogP contribution is -2.56. The van der Waals surface area contributed by atoms with Crippen LogP contribution in [0.1, 0.15) is 13.8 Å². The van der Waals surface area contributed by atoms with Crippen LogP contribution in [0, 0.1) is 0 Å². The number of ether oxygens (including phenoxy) is 2. The maximum atomic E-state index is 9.59. The fourth-order valence-corrected chi connectivity index (χ4v) is 1.45. The fraction of sp³-hybridized carbons (Fsp3) is 1.00. The van der Waals surface area contributed by atoms with E-state index in [-0.39, 0.29) is 6.61 Å². The lowest BCUT2D eigenvalue weighted by atomic mass is 10.0. The molecule has 1 rings (SSSR count). The van der Waals surface area contributed by atoms with Gasteiger partial charge in [0.05, 0.1) is 13.2 Å². The molecule has 1 saturated heterocycles. The van der Waals surface area contributed by atoms with Crippen LogP contribution in [-0.2, 0) is 9.47 Å². The molecule has 1 aliphatic heterocycles. The van der Waals surface area contributed by atoms with E-state index < -0.39 is 36.8 Å². The van der Waals surface area contributed by atoms with Gasteiger partial charge < -0.3 is 29.9 Å². The van der Waals surface area contributed by atoms with Gasteiger partial charge in [-0.2, -0.15) is 0 Å². The standard InChI is InChI=1S/C9H18O6/c1-9(2)14-4-6(12)8(15-9)7(13)5(11)3-10/h5-8,10-13H,3-4H2,1-2H3/t5-,6+,7-,8-/m1/s1. The molecule has 15 heavy (non-hydrogen) atoms.